The molecule has 3 heterocycles. The van der Waals surface area contributed by atoms with Crippen molar-refractivity contribution in [2.24, 2.45) is 0 Å². The summed E-state index contributed by atoms with van der Waals surface area (Å²) in [5, 5.41) is 6.65. The summed E-state index contributed by atoms with van der Waals surface area (Å²) in [5.41, 5.74) is 1.65. The number of anilines is 1. The van der Waals surface area contributed by atoms with Gasteiger partial charge in [-0.2, -0.15) is 0 Å². The first kappa shape index (κ1) is 18.3. The molecule has 0 saturated carbocycles. The van der Waals surface area contributed by atoms with Gasteiger partial charge in [0, 0.05) is 35.9 Å². The fraction of sp³-hybridized carbons (Fsp3) is 0.429. The molecule has 1 fully saturated rings. The van der Waals surface area contributed by atoms with Gasteiger partial charge in [-0.05, 0) is 62.3 Å². The lowest BCUT2D eigenvalue weighted by Gasteiger charge is -2.21. The quantitative estimate of drug-likeness (QED) is 0.711. The SMILES string of the molecule is Cc1nc(N2CCCC(NCCc3cccs3)CC2)nc2ccc(F)cc12. The minimum absolute atomic E-state index is 0.242. The van der Waals surface area contributed by atoms with Gasteiger partial charge in [-0.25, -0.2) is 14.4 Å². The summed E-state index contributed by atoms with van der Waals surface area (Å²) in [4.78, 5) is 13.1. The maximum Gasteiger partial charge on any atom is 0.226 e. The molecular formula is C21H25FN4S. The zero-order valence-corrected chi connectivity index (χ0v) is 16.4. The molecule has 4 nitrogen and oxygen atoms in total. The Kier molecular flexibility index (Phi) is 5.64. The van der Waals surface area contributed by atoms with Crippen molar-refractivity contribution >= 4 is 28.2 Å². The zero-order valence-electron chi connectivity index (χ0n) is 15.6. The summed E-state index contributed by atoms with van der Waals surface area (Å²) < 4.78 is 13.5. The molecule has 3 aromatic rings. The minimum atomic E-state index is -0.242. The van der Waals surface area contributed by atoms with Crippen LogP contribution in [0.2, 0.25) is 0 Å². The number of nitrogens with zero attached hydrogens (tertiary/aromatic N) is 3. The van der Waals surface area contributed by atoms with Gasteiger partial charge < -0.3 is 10.2 Å². The zero-order chi connectivity index (χ0) is 18.6. The monoisotopic (exact) mass is 384 g/mol. The van der Waals surface area contributed by atoms with Crippen molar-refractivity contribution < 1.29 is 4.39 Å². The van der Waals surface area contributed by atoms with E-state index in [-0.39, 0.29) is 5.82 Å². The lowest BCUT2D eigenvalue weighted by molar-refractivity contribution is 0.474. The number of aryl methyl sites for hydroxylation is 1. The van der Waals surface area contributed by atoms with Crippen molar-refractivity contribution in [3.8, 4) is 0 Å². The van der Waals surface area contributed by atoms with E-state index in [9.17, 15) is 4.39 Å². The molecule has 1 N–H and O–H groups in total. The Morgan fingerprint density at radius 1 is 1.22 bits per heavy atom. The van der Waals surface area contributed by atoms with Crippen LogP contribution in [0, 0.1) is 12.7 Å². The van der Waals surface area contributed by atoms with Crippen LogP contribution in [0.15, 0.2) is 35.7 Å². The van der Waals surface area contributed by atoms with Crippen LogP contribution in [-0.2, 0) is 6.42 Å². The molecule has 0 radical (unpaired) electrons. The molecule has 4 rings (SSSR count). The number of thiophene rings is 1. The number of hydrogen-bond donors (Lipinski definition) is 1. The molecule has 1 saturated heterocycles. The van der Waals surface area contributed by atoms with E-state index in [1.807, 2.05) is 18.3 Å². The molecule has 6 heteroatoms. The van der Waals surface area contributed by atoms with E-state index >= 15 is 0 Å². The van der Waals surface area contributed by atoms with E-state index in [1.54, 1.807) is 6.07 Å². The van der Waals surface area contributed by atoms with Gasteiger partial charge >= 0.3 is 0 Å². The minimum Gasteiger partial charge on any atom is -0.341 e. The second-order valence-corrected chi connectivity index (χ2v) is 8.20. The van der Waals surface area contributed by atoms with Gasteiger partial charge in [-0.1, -0.05) is 6.07 Å². The first-order chi connectivity index (χ1) is 13.2. The second-order valence-electron chi connectivity index (χ2n) is 7.17. The van der Waals surface area contributed by atoms with E-state index in [1.165, 1.54) is 23.4 Å². The number of halogens is 1. The molecule has 2 aromatic heterocycles. The topological polar surface area (TPSA) is 41.1 Å². The third-order valence-electron chi connectivity index (χ3n) is 5.23. The van der Waals surface area contributed by atoms with Crippen LogP contribution in [0.5, 0.6) is 0 Å². The van der Waals surface area contributed by atoms with E-state index in [0.29, 0.717) is 6.04 Å². The van der Waals surface area contributed by atoms with Gasteiger partial charge in [0.1, 0.15) is 5.82 Å². The lowest BCUT2D eigenvalue weighted by atomic mass is 10.1. The van der Waals surface area contributed by atoms with Crippen LogP contribution in [0.3, 0.4) is 0 Å². The first-order valence-electron chi connectivity index (χ1n) is 9.63. The Hall–Kier alpha value is -2.05. The van der Waals surface area contributed by atoms with Gasteiger partial charge in [-0.15, -0.1) is 11.3 Å². The molecule has 0 bridgehead atoms. The number of nitrogens with one attached hydrogen (secondary N) is 1. The highest BCUT2D eigenvalue weighted by molar-refractivity contribution is 7.09. The largest absolute Gasteiger partial charge is 0.341 e. The molecular weight excluding hydrogens is 359 g/mol. The Balaban J connectivity index is 1.39. The van der Waals surface area contributed by atoms with Gasteiger partial charge in [0.2, 0.25) is 5.95 Å². The molecule has 1 aliphatic rings. The molecule has 0 amide bonds. The summed E-state index contributed by atoms with van der Waals surface area (Å²) in [5.74, 6) is 0.527. The van der Waals surface area contributed by atoms with Gasteiger partial charge in [-0.3, -0.25) is 0 Å². The molecule has 0 spiro atoms. The highest BCUT2D eigenvalue weighted by Gasteiger charge is 2.19. The Labute approximate surface area is 163 Å². The van der Waals surface area contributed by atoms with E-state index in [4.69, 9.17) is 4.98 Å². The standard InChI is InChI=1S/C21H25FN4S/c1-15-19-14-16(22)6-7-20(19)25-21(24-15)26-11-2-4-17(9-12-26)23-10-8-18-5-3-13-27-18/h3,5-7,13-14,17,23H,2,4,8-12H2,1H3. The predicted molar refractivity (Wildman–Crippen MR) is 110 cm³/mol. The van der Waals surface area contributed by atoms with Crippen molar-refractivity contribution in [2.75, 3.05) is 24.5 Å². The average molecular weight is 385 g/mol. The Morgan fingerprint density at radius 2 is 2.15 bits per heavy atom. The molecule has 142 valence electrons. The smallest absolute Gasteiger partial charge is 0.226 e. The number of hydrogen-bond acceptors (Lipinski definition) is 5. The van der Waals surface area contributed by atoms with Gasteiger partial charge in [0.15, 0.2) is 0 Å². The number of rotatable bonds is 5. The average Bonchev–Trinajstić information content (AvgIpc) is 3.06. The Morgan fingerprint density at radius 3 is 3.00 bits per heavy atom. The van der Waals surface area contributed by atoms with Crippen LogP contribution in [-0.4, -0.2) is 35.6 Å². The van der Waals surface area contributed by atoms with Crippen LogP contribution in [0.25, 0.3) is 10.9 Å². The fourth-order valence-corrected chi connectivity index (χ4v) is 4.44. The summed E-state index contributed by atoms with van der Waals surface area (Å²) in [6.45, 7) is 4.88. The molecule has 27 heavy (non-hydrogen) atoms. The highest BCUT2D eigenvalue weighted by Crippen LogP contribution is 2.22. The van der Waals surface area contributed by atoms with Crippen LogP contribution in [0.4, 0.5) is 10.3 Å². The van der Waals surface area contributed by atoms with Crippen LogP contribution < -0.4 is 10.2 Å². The lowest BCUT2D eigenvalue weighted by Crippen LogP contribution is -2.32. The predicted octanol–water partition coefficient (Wildman–Crippen LogP) is 4.33. The van der Waals surface area contributed by atoms with Gasteiger partial charge in [0.05, 0.1) is 11.2 Å². The number of benzene rings is 1. The van der Waals surface area contributed by atoms with E-state index in [0.717, 1.165) is 61.4 Å². The number of fused-ring (bicyclic) bond motifs is 1. The molecule has 1 atom stereocenters. The summed E-state index contributed by atoms with van der Waals surface area (Å²) in [6, 6.07) is 9.59. The fourth-order valence-electron chi connectivity index (χ4n) is 3.73. The van der Waals surface area contributed by atoms with E-state index in [2.05, 4.69) is 32.7 Å². The van der Waals surface area contributed by atoms with Crippen molar-refractivity contribution in [1.82, 2.24) is 15.3 Å². The van der Waals surface area contributed by atoms with Crippen molar-refractivity contribution in [1.29, 1.82) is 0 Å². The highest BCUT2D eigenvalue weighted by atomic mass is 32.1. The maximum atomic E-state index is 13.5. The van der Waals surface area contributed by atoms with Crippen molar-refractivity contribution in [3.63, 3.8) is 0 Å². The van der Waals surface area contributed by atoms with Crippen molar-refractivity contribution in [2.45, 2.75) is 38.6 Å². The van der Waals surface area contributed by atoms with Crippen molar-refractivity contribution in [3.05, 3.63) is 52.1 Å². The molecule has 0 aliphatic carbocycles. The van der Waals surface area contributed by atoms with Gasteiger partial charge in [0.25, 0.3) is 0 Å². The molecule has 1 unspecified atom stereocenters. The van der Waals surface area contributed by atoms with E-state index < -0.39 is 0 Å². The van der Waals surface area contributed by atoms with Crippen LogP contribution in [0.1, 0.15) is 29.8 Å². The molecule has 1 aromatic carbocycles. The summed E-state index contributed by atoms with van der Waals surface area (Å²) in [7, 11) is 0. The maximum absolute atomic E-state index is 13.5. The van der Waals surface area contributed by atoms with Crippen LogP contribution >= 0.6 is 11.3 Å². The summed E-state index contributed by atoms with van der Waals surface area (Å²) >= 11 is 1.83. The Bertz CT molecular complexity index is 897. The first-order valence-corrected chi connectivity index (χ1v) is 10.5. The number of aromatic nitrogens is 2. The second kappa shape index (κ2) is 8.31. The third-order valence-corrected chi connectivity index (χ3v) is 6.17. The summed E-state index contributed by atoms with van der Waals surface area (Å²) in [6.07, 6.45) is 4.50. The third kappa shape index (κ3) is 4.45. The normalized spacial score (nSPS) is 18.0. The molecule has 1 aliphatic heterocycles.